The molecule has 0 saturated heterocycles. The molecule has 17 heteroatoms. The van der Waals surface area contributed by atoms with E-state index in [9.17, 15) is 0 Å². The summed E-state index contributed by atoms with van der Waals surface area (Å²) in [7, 11) is -15.0. The average molecular weight is 401 g/mol. The Balaban J connectivity index is -0.0000000400. The van der Waals surface area contributed by atoms with Crippen LogP contribution in [0.2, 0.25) is 0 Å². The van der Waals surface area contributed by atoms with Gasteiger partial charge in [-0.15, -0.1) is 0 Å². The topological polar surface area (TPSA) is 238 Å². The average Bonchev–Trinajstić information content (AvgIpc) is 1.41. The van der Waals surface area contributed by atoms with E-state index in [4.69, 9.17) is 54.3 Å². The fourth-order valence-corrected chi connectivity index (χ4v) is 0. The van der Waals surface area contributed by atoms with Crippen molar-refractivity contribution in [2.24, 2.45) is 0 Å². The maximum absolute atomic E-state index is 8.88. The molecule has 12 nitrogen and oxygen atoms in total. The standard InChI is InChI=1S/Fe.Mn.H3O4P.2H2O4S/c;;3*1-5(2,3)4/h;;(H3,1,2,3,4);2*(H2,1,2,3,4)/q2*+2;;;/p-4. The van der Waals surface area contributed by atoms with Gasteiger partial charge in [-0.25, -0.2) is 4.57 Å². The van der Waals surface area contributed by atoms with Crippen molar-refractivity contribution in [2.75, 3.05) is 0 Å². The first kappa shape index (κ1) is 30.7. The van der Waals surface area contributed by atoms with Crippen molar-refractivity contribution in [3.8, 4) is 0 Å². The van der Waals surface area contributed by atoms with Gasteiger partial charge in [0.15, 0.2) is 0 Å². The Morgan fingerprint density at radius 2 is 0.765 bits per heavy atom. The quantitative estimate of drug-likeness (QED) is 0.154. The molecule has 0 fully saturated rings. The van der Waals surface area contributed by atoms with Gasteiger partial charge in [-0.1, -0.05) is 0 Å². The molecule has 0 aromatic carbocycles. The zero-order valence-electron chi connectivity index (χ0n) is 7.01. The molecule has 0 rings (SSSR count). The minimum absolute atomic E-state index is 0. The fraction of sp³-hybridized carbons (Fsp3) is 0. The van der Waals surface area contributed by atoms with Gasteiger partial charge in [0, 0.05) is 20.8 Å². The van der Waals surface area contributed by atoms with E-state index in [1.165, 1.54) is 0 Å². The summed E-state index contributed by atoms with van der Waals surface area (Å²) in [5.74, 6) is 0. The third-order valence-electron chi connectivity index (χ3n) is 0. The molecule has 0 aromatic heterocycles. The van der Waals surface area contributed by atoms with E-state index in [0.717, 1.165) is 0 Å². The van der Waals surface area contributed by atoms with Crippen LogP contribution in [0.15, 0.2) is 0 Å². The Labute approximate surface area is 117 Å². The molecule has 3 N–H and O–H groups in total. The number of hydrogen-bond donors (Lipinski definition) is 3. The third kappa shape index (κ3) is 4740. The molecule has 0 spiro atoms. The molecule has 0 atom stereocenters. The summed E-state index contributed by atoms with van der Waals surface area (Å²) in [6.45, 7) is 0. The van der Waals surface area contributed by atoms with E-state index < -0.39 is 28.6 Å². The molecule has 0 aliphatic carbocycles. The van der Waals surface area contributed by atoms with Gasteiger partial charge in [-0.05, 0) is 0 Å². The largest absolute Gasteiger partial charge is 2.00 e. The Kier molecular flexibility index (Phi) is 21.6. The molecule has 0 aromatic rings. The number of rotatable bonds is 0. The van der Waals surface area contributed by atoms with Crippen LogP contribution < -0.4 is 0 Å². The smallest absolute Gasteiger partial charge is 0.759 e. The Hall–Kier alpha value is 0.889. The molecule has 0 aliphatic rings. The predicted octanol–water partition coefficient (Wildman–Crippen LogP) is -3.61. The van der Waals surface area contributed by atoms with Crippen molar-refractivity contribution in [2.45, 2.75) is 0 Å². The van der Waals surface area contributed by atoms with Crippen LogP contribution in [0.5, 0.6) is 0 Å². The first-order chi connectivity index (χ1) is 6.00. The van der Waals surface area contributed by atoms with E-state index in [-0.39, 0.29) is 34.1 Å². The molecule has 17 heavy (non-hydrogen) atoms. The van der Waals surface area contributed by atoms with Gasteiger partial charge in [0.2, 0.25) is 0 Å². The van der Waals surface area contributed by atoms with Crippen molar-refractivity contribution >= 4 is 28.6 Å². The van der Waals surface area contributed by atoms with Crippen molar-refractivity contribution in [1.82, 2.24) is 0 Å². The van der Waals surface area contributed by atoms with Crippen LogP contribution in [0.1, 0.15) is 0 Å². The second-order valence-electron chi connectivity index (χ2n) is 1.33. The molecule has 0 heterocycles. The number of phosphoric acid groups is 1. The summed E-state index contributed by atoms with van der Waals surface area (Å²) in [6, 6.07) is 0. The minimum Gasteiger partial charge on any atom is -0.759 e. The van der Waals surface area contributed by atoms with Crippen LogP contribution >= 0.6 is 7.82 Å². The SMILES string of the molecule is O=P(O)(O)O.O=S(=O)([O-])[O-].O=S(=O)([O-])[O-].[Fe+2].[Mn+2]. The fourth-order valence-electron chi connectivity index (χ4n) is 0. The minimum atomic E-state index is -5.17. The zero-order valence-corrected chi connectivity index (χ0v) is 11.8. The first-order valence-electron chi connectivity index (χ1n) is 2.12. The summed E-state index contributed by atoms with van der Waals surface area (Å²) >= 11 is 0. The van der Waals surface area contributed by atoms with E-state index in [1.54, 1.807) is 0 Å². The maximum atomic E-state index is 8.88. The van der Waals surface area contributed by atoms with Gasteiger partial charge < -0.3 is 32.9 Å². The van der Waals surface area contributed by atoms with Crippen molar-refractivity contribution in [3.05, 3.63) is 0 Å². The molecule has 0 saturated carbocycles. The summed E-state index contributed by atoms with van der Waals surface area (Å²) in [4.78, 5) is 21.6. The Morgan fingerprint density at radius 1 is 0.765 bits per heavy atom. The van der Waals surface area contributed by atoms with Gasteiger partial charge in [0.1, 0.15) is 0 Å². The van der Waals surface area contributed by atoms with Crippen LogP contribution in [-0.2, 0) is 59.5 Å². The van der Waals surface area contributed by atoms with Gasteiger partial charge >= 0.3 is 42.0 Å². The van der Waals surface area contributed by atoms with Gasteiger partial charge in [-0.3, -0.25) is 16.8 Å². The summed E-state index contributed by atoms with van der Waals surface area (Å²) in [5.41, 5.74) is 0. The van der Waals surface area contributed by atoms with Crippen LogP contribution in [0.25, 0.3) is 0 Å². The molecular weight excluding hydrogens is 398 g/mol. The van der Waals surface area contributed by atoms with Gasteiger partial charge in [-0.2, -0.15) is 0 Å². The molecule has 107 valence electrons. The summed E-state index contributed by atoms with van der Waals surface area (Å²) in [6.07, 6.45) is 0. The van der Waals surface area contributed by atoms with E-state index in [1.807, 2.05) is 0 Å². The third-order valence-corrected chi connectivity index (χ3v) is 0. The molecule has 0 bridgehead atoms. The van der Waals surface area contributed by atoms with Crippen molar-refractivity contribution in [3.63, 3.8) is 0 Å². The Bertz CT molecular complexity index is 332. The summed E-state index contributed by atoms with van der Waals surface area (Å²) in [5, 5.41) is 0. The van der Waals surface area contributed by atoms with Crippen molar-refractivity contribution < 1.29 is 88.4 Å². The predicted molar refractivity (Wildman–Crippen MR) is 35.2 cm³/mol. The molecule has 0 amide bonds. The van der Waals surface area contributed by atoms with E-state index in [2.05, 4.69) is 0 Å². The Morgan fingerprint density at radius 3 is 0.765 bits per heavy atom. The van der Waals surface area contributed by atoms with Crippen LogP contribution in [-0.4, -0.2) is 49.7 Å². The zero-order chi connectivity index (χ0) is 13.5. The normalized spacial score (nSPS) is 10.3. The summed E-state index contributed by atoms with van der Waals surface area (Å²) < 4.78 is 77.0. The van der Waals surface area contributed by atoms with E-state index >= 15 is 0 Å². The molecule has 0 unspecified atom stereocenters. The molecule has 1 radical (unpaired) electrons. The molecular formula is H3FeMnO12PS2. The monoisotopic (exact) mass is 401 g/mol. The van der Waals surface area contributed by atoms with Gasteiger partial charge in [0.05, 0.1) is 0 Å². The first-order valence-corrected chi connectivity index (χ1v) is 6.35. The second kappa shape index (κ2) is 12.0. The van der Waals surface area contributed by atoms with Crippen LogP contribution in [0.4, 0.5) is 0 Å². The van der Waals surface area contributed by atoms with Gasteiger partial charge in [0.25, 0.3) is 0 Å². The molecule has 0 aliphatic heterocycles. The second-order valence-corrected chi connectivity index (χ2v) is 3.99. The van der Waals surface area contributed by atoms with Crippen LogP contribution in [0, 0.1) is 0 Å². The maximum Gasteiger partial charge on any atom is 2.00 e. The van der Waals surface area contributed by atoms with Crippen LogP contribution in [0.3, 0.4) is 0 Å². The number of hydrogen-bond acceptors (Lipinski definition) is 9. The van der Waals surface area contributed by atoms with Crippen molar-refractivity contribution in [1.29, 1.82) is 0 Å². The van der Waals surface area contributed by atoms with E-state index in [0.29, 0.717) is 0 Å².